The monoisotopic (exact) mass is 304 g/mol. The van der Waals surface area contributed by atoms with Gasteiger partial charge >= 0.3 is 0 Å². The van der Waals surface area contributed by atoms with Crippen LogP contribution in [0.5, 0.6) is 5.75 Å². The average molecular weight is 305 g/mol. The second-order valence-corrected chi connectivity index (χ2v) is 5.00. The molecule has 0 bridgehead atoms. The van der Waals surface area contributed by atoms with Crippen LogP contribution in [-0.4, -0.2) is 24.8 Å². The summed E-state index contributed by atoms with van der Waals surface area (Å²) in [5.41, 5.74) is 1.51. The minimum Gasteiger partial charge on any atom is -0.465 e. The normalized spacial score (nSPS) is 12.6. The van der Waals surface area contributed by atoms with Gasteiger partial charge in [-0.25, -0.2) is 4.99 Å². The van der Waals surface area contributed by atoms with Gasteiger partial charge in [-0.05, 0) is 37.6 Å². The molecule has 0 aliphatic heterocycles. The largest absolute Gasteiger partial charge is 0.465 e. The Bertz CT molecular complexity index is 547. The summed E-state index contributed by atoms with van der Waals surface area (Å²) in [7, 11) is 1.94. The molecule has 1 aromatic carbocycles. The number of hydrogen-bond acceptors (Lipinski definition) is 2. The summed E-state index contributed by atoms with van der Waals surface area (Å²) in [4.78, 5) is 6.27. The number of benzene rings is 1. The van der Waals surface area contributed by atoms with Crippen LogP contribution in [0, 0.1) is 0 Å². The lowest BCUT2D eigenvalue weighted by molar-refractivity contribution is 0.477. The standard InChI is InChI=1S/C17H21ClN2O/c1-5-20(4)13-19-17(15(3)18)11-14(2)12-21-16-9-7-6-8-10-16/h6-13H,3,5H2,1-2,4H3/b14-12+,17-11+,19-13?. The Morgan fingerprint density at radius 1 is 1.38 bits per heavy atom. The third kappa shape index (κ3) is 6.82. The molecule has 0 aliphatic carbocycles. The summed E-state index contributed by atoms with van der Waals surface area (Å²) >= 11 is 5.97. The summed E-state index contributed by atoms with van der Waals surface area (Å²) in [5.74, 6) is 0.783. The number of hydrogen-bond donors (Lipinski definition) is 0. The fourth-order valence-corrected chi connectivity index (χ4v) is 1.44. The van der Waals surface area contributed by atoms with Gasteiger partial charge in [-0.3, -0.25) is 0 Å². The van der Waals surface area contributed by atoms with E-state index in [2.05, 4.69) is 11.6 Å². The molecule has 0 heterocycles. The molecule has 112 valence electrons. The Balaban J connectivity index is 2.79. The highest BCUT2D eigenvalue weighted by Gasteiger charge is 1.99. The molecule has 3 nitrogen and oxygen atoms in total. The van der Waals surface area contributed by atoms with E-state index in [9.17, 15) is 0 Å². The first kappa shape index (κ1) is 17.1. The van der Waals surface area contributed by atoms with Crippen molar-refractivity contribution in [2.75, 3.05) is 13.6 Å². The van der Waals surface area contributed by atoms with Crippen LogP contribution in [0.2, 0.25) is 0 Å². The van der Waals surface area contributed by atoms with Crippen molar-refractivity contribution >= 4 is 17.9 Å². The van der Waals surface area contributed by atoms with E-state index in [-0.39, 0.29) is 0 Å². The van der Waals surface area contributed by atoms with E-state index < -0.39 is 0 Å². The zero-order chi connectivity index (χ0) is 15.7. The van der Waals surface area contributed by atoms with E-state index in [1.807, 2.05) is 62.2 Å². The van der Waals surface area contributed by atoms with Crippen molar-refractivity contribution in [1.29, 1.82) is 0 Å². The maximum atomic E-state index is 5.97. The van der Waals surface area contributed by atoms with Crippen LogP contribution in [-0.2, 0) is 0 Å². The van der Waals surface area contributed by atoms with Crippen molar-refractivity contribution in [3.8, 4) is 5.75 Å². The fraction of sp³-hybridized carbons (Fsp3) is 0.235. The van der Waals surface area contributed by atoms with Crippen molar-refractivity contribution in [3.05, 3.63) is 65.6 Å². The third-order valence-corrected chi connectivity index (χ3v) is 2.85. The van der Waals surface area contributed by atoms with Gasteiger partial charge in [-0.1, -0.05) is 36.4 Å². The number of aliphatic imine (C=N–C) groups is 1. The van der Waals surface area contributed by atoms with Crippen LogP contribution in [0.15, 0.2) is 70.5 Å². The molecule has 0 fully saturated rings. The Morgan fingerprint density at radius 3 is 2.62 bits per heavy atom. The molecule has 0 N–H and O–H groups in total. The Hall–Kier alpha value is -2.00. The number of allylic oxidation sites excluding steroid dienone is 3. The molecule has 4 heteroatoms. The van der Waals surface area contributed by atoms with Crippen LogP contribution in [0.1, 0.15) is 13.8 Å². The SMILES string of the molecule is C=C(Cl)/C(=C\C(C)=C\Oc1ccccc1)N=CN(C)CC. The summed E-state index contributed by atoms with van der Waals surface area (Å²) < 4.78 is 5.55. The van der Waals surface area contributed by atoms with Gasteiger partial charge in [0.15, 0.2) is 0 Å². The molecular formula is C17H21ClN2O. The predicted molar refractivity (Wildman–Crippen MR) is 90.7 cm³/mol. The van der Waals surface area contributed by atoms with E-state index in [4.69, 9.17) is 16.3 Å². The summed E-state index contributed by atoms with van der Waals surface area (Å²) in [6.07, 6.45) is 5.22. The Morgan fingerprint density at radius 2 is 2.05 bits per heavy atom. The van der Waals surface area contributed by atoms with Crippen LogP contribution in [0.3, 0.4) is 0 Å². The average Bonchev–Trinajstić information content (AvgIpc) is 2.49. The third-order valence-electron chi connectivity index (χ3n) is 2.66. The molecule has 0 radical (unpaired) electrons. The van der Waals surface area contributed by atoms with E-state index in [0.29, 0.717) is 10.7 Å². The summed E-state index contributed by atoms with van der Waals surface area (Å²) in [6, 6.07) is 9.57. The summed E-state index contributed by atoms with van der Waals surface area (Å²) in [6.45, 7) is 8.56. The van der Waals surface area contributed by atoms with Gasteiger partial charge < -0.3 is 9.64 Å². The van der Waals surface area contributed by atoms with E-state index in [1.54, 1.807) is 12.6 Å². The number of rotatable bonds is 7. The zero-order valence-electron chi connectivity index (χ0n) is 12.7. The molecule has 0 unspecified atom stereocenters. The molecule has 0 amide bonds. The second-order valence-electron chi connectivity index (χ2n) is 4.55. The smallest absolute Gasteiger partial charge is 0.126 e. The van der Waals surface area contributed by atoms with Crippen LogP contribution < -0.4 is 4.74 Å². The Labute approximate surface area is 131 Å². The first-order valence-electron chi connectivity index (χ1n) is 6.72. The van der Waals surface area contributed by atoms with Crippen molar-refractivity contribution in [2.45, 2.75) is 13.8 Å². The van der Waals surface area contributed by atoms with Crippen LogP contribution in [0.25, 0.3) is 0 Å². The number of halogens is 1. The minimum atomic E-state index is 0.392. The predicted octanol–water partition coefficient (Wildman–Crippen LogP) is 4.59. The van der Waals surface area contributed by atoms with E-state index in [1.165, 1.54) is 0 Å². The molecule has 21 heavy (non-hydrogen) atoms. The number of ether oxygens (including phenoxy) is 1. The first-order chi connectivity index (χ1) is 10.0. The van der Waals surface area contributed by atoms with Gasteiger partial charge in [-0.15, -0.1) is 0 Å². The topological polar surface area (TPSA) is 24.8 Å². The van der Waals surface area contributed by atoms with Crippen LogP contribution in [0.4, 0.5) is 0 Å². The molecule has 0 spiro atoms. The second kappa shape index (κ2) is 9.03. The van der Waals surface area contributed by atoms with Gasteiger partial charge in [0.1, 0.15) is 5.75 Å². The van der Waals surface area contributed by atoms with E-state index >= 15 is 0 Å². The zero-order valence-corrected chi connectivity index (χ0v) is 13.5. The molecule has 0 aromatic heterocycles. The van der Waals surface area contributed by atoms with Crippen molar-refractivity contribution in [3.63, 3.8) is 0 Å². The lowest BCUT2D eigenvalue weighted by atomic mass is 10.2. The molecule has 1 aromatic rings. The van der Waals surface area contributed by atoms with Gasteiger partial charge in [-0.2, -0.15) is 0 Å². The molecular weight excluding hydrogens is 284 g/mol. The van der Waals surface area contributed by atoms with Gasteiger partial charge in [0, 0.05) is 13.6 Å². The summed E-state index contributed by atoms with van der Waals surface area (Å²) in [5, 5.41) is 0.392. The molecule has 1 rings (SSSR count). The fourth-order valence-electron chi connectivity index (χ4n) is 1.34. The first-order valence-corrected chi connectivity index (χ1v) is 7.10. The molecule has 0 saturated heterocycles. The van der Waals surface area contributed by atoms with Gasteiger partial charge in [0.2, 0.25) is 0 Å². The lowest BCUT2D eigenvalue weighted by Gasteiger charge is -2.09. The molecule has 0 saturated carbocycles. The molecule has 0 atom stereocenters. The number of nitrogens with zero attached hydrogens (tertiary/aromatic N) is 2. The highest BCUT2D eigenvalue weighted by Crippen LogP contribution is 2.17. The van der Waals surface area contributed by atoms with Gasteiger partial charge in [0.05, 0.1) is 23.3 Å². The minimum absolute atomic E-state index is 0.392. The quantitative estimate of drug-likeness (QED) is 0.319. The van der Waals surface area contributed by atoms with Crippen molar-refractivity contribution < 1.29 is 4.74 Å². The van der Waals surface area contributed by atoms with Gasteiger partial charge in [0.25, 0.3) is 0 Å². The van der Waals surface area contributed by atoms with Crippen LogP contribution >= 0.6 is 11.6 Å². The van der Waals surface area contributed by atoms with Crippen molar-refractivity contribution in [1.82, 2.24) is 4.90 Å². The Kier molecular flexibility index (Phi) is 7.33. The highest BCUT2D eigenvalue weighted by atomic mass is 35.5. The molecule has 0 aliphatic rings. The maximum Gasteiger partial charge on any atom is 0.126 e. The maximum absolute atomic E-state index is 5.97. The lowest BCUT2D eigenvalue weighted by Crippen LogP contribution is -2.14. The highest BCUT2D eigenvalue weighted by molar-refractivity contribution is 6.31. The number of para-hydroxylation sites is 1. The van der Waals surface area contributed by atoms with E-state index in [0.717, 1.165) is 17.9 Å². The van der Waals surface area contributed by atoms with Crippen molar-refractivity contribution in [2.24, 2.45) is 4.99 Å².